The predicted octanol–water partition coefficient (Wildman–Crippen LogP) is 3.04. The molecule has 35 heavy (non-hydrogen) atoms. The molecule has 0 atom stereocenters. The molecule has 0 unspecified atom stereocenters. The Morgan fingerprint density at radius 1 is 1.17 bits per heavy atom. The Morgan fingerprint density at radius 2 is 1.97 bits per heavy atom. The van der Waals surface area contributed by atoms with Crippen LogP contribution in [0.3, 0.4) is 0 Å². The van der Waals surface area contributed by atoms with Crippen LogP contribution in [0.25, 0.3) is 33.2 Å². The highest BCUT2D eigenvalue weighted by Gasteiger charge is 2.30. The van der Waals surface area contributed by atoms with Gasteiger partial charge in [0.2, 0.25) is 0 Å². The highest BCUT2D eigenvalue weighted by molar-refractivity contribution is 5.98. The maximum atomic E-state index is 14.5. The van der Waals surface area contributed by atoms with E-state index in [4.69, 9.17) is 5.73 Å². The molecule has 1 saturated carbocycles. The number of hydrogen-bond donors (Lipinski definition) is 1. The van der Waals surface area contributed by atoms with E-state index in [1.165, 1.54) is 21.8 Å². The standard InChI is InChI=1S/C21H15F4N9O/c22-10-3-12-17(13(23)4-10)30-14(34(20(12)35)11-1-2-11)7-32-19-15(18(26)27-8-28-19)16(31-32)9-5-29-33(6-9)21(24)25/h3-6,8,11,21H,1-2,7H2,(H2,26,27,28). The second kappa shape index (κ2) is 7.58. The summed E-state index contributed by atoms with van der Waals surface area (Å²) >= 11 is 0. The van der Waals surface area contributed by atoms with Gasteiger partial charge in [-0.3, -0.25) is 9.36 Å². The smallest absolute Gasteiger partial charge is 0.333 e. The molecule has 178 valence electrons. The lowest BCUT2D eigenvalue weighted by Crippen LogP contribution is -2.26. The summed E-state index contributed by atoms with van der Waals surface area (Å²) < 4.78 is 57.7. The Morgan fingerprint density at radius 3 is 2.69 bits per heavy atom. The number of nitrogens with zero attached hydrogens (tertiary/aromatic N) is 8. The van der Waals surface area contributed by atoms with Crippen molar-refractivity contribution in [3.63, 3.8) is 0 Å². The van der Waals surface area contributed by atoms with E-state index in [-0.39, 0.29) is 52.0 Å². The Balaban J connectivity index is 1.55. The van der Waals surface area contributed by atoms with Crippen molar-refractivity contribution in [1.82, 2.24) is 39.1 Å². The first-order valence-electron chi connectivity index (χ1n) is 10.5. The normalized spacial score (nSPS) is 14.0. The summed E-state index contributed by atoms with van der Waals surface area (Å²) in [5.41, 5.74) is 5.95. The van der Waals surface area contributed by atoms with E-state index in [1.54, 1.807) is 0 Å². The van der Waals surface area contributed by atoms with Crippen molar-refractivity contribution in [2.24, 2.45) is 0 Å². The van der Waals surface area contributed by atoms with Gasteiger partial charge in [0.15, 0.2) is 11.5 Å². The van der Waals surface area contributed by atoms with Crippen LogP contribution in [0, 0.1) is 11.6 Å². The Bertz CT molecular complexity index is 1690. The molecule has 10 nitrogen and oxygen atoms in total. The van der Waals surface area contributed by atoms with Gasteiger partial charge < -0.3 is 5.73 Å². The molecule has 2 N–H and O–H groups in total. The fourth-order valence-electron chi connectivity index (χ4n) is 4.14. The van der Waals surface area contributed by atoms with E-state index in [0.717, 1.165) is 12.3 Å². The number of fused-ring (bicyclic) bond motifs is 2. The summed E-state index contributed by atoms with van der Waals surface area (Å²) in [7, 11) is 0. The minimum absolute atomic E-state index is 0.0635. The number of hydrogen-bond acceptors (Lipinski definition) is 7. The summed E-state index contributed by atoms with van der Waals surface area (Å²) in [6.07, 6.45) is 4.97. The zero-order chi connectivity index (χ0) is 24.4. The van der Waals surface area contributed by atoms with E-state index in [1.807, 2.05) is 0 Å². The first-order chi connectivity index (χ1) is 16.8. The molecule has 4 aromatic heterocycles. The van der Waals surface area contributed by atoms with Gasteiger partial charge in [-0.1, -0.05) is 0 Å². The Kier molecular flexibility index (Phi) is 4.59. The van der Waals surface area contributed by atoms with E-state index in [0.29, 0.717) is 29.0 Å². The second-order valence-corrected chi connectivity index (χ2v) is 8.17. The van der Waals surface area contributed by atoms with E-state index in [2.05, 4.69) is 25.1 Å². The number of anilines is 1. The van der Waals surface area contributed by atoms with Gasteiger partial charge in [0.05, 0.1) is 17.0 Å². The van der Waals surface area contributed by atoms with Crippen molar-refractivity contribution in [2.75, 3.05) is 5.73 Å². The average molecular weight is 485 g/mol. The summed E-state index contributed by atoms with van der Waals surface area (Å²) in [6.45, 7) is -2.96. The monoisotopic (exact) mass is 485 g/mol. The zero-order valence-electron chi connectivity index (χ0n) is 17.7. The van der Waals surface area contributed by atoms with Crippen LogP contribution in [0.2, 0.25) is 0 Å². The quantitative estimate of drug-likeness (QED) is 0.380. The number of nitrogen functional groups attached to an aromatic ring is 1. The zero-order valence-corrected chi connectivity index (χ0v) is 17.7. The molecule has 14 heteroatoms. The molecule has 4 heterocycles. The van der Waals surface area contributed by atoms with Crippen molar-refractivity contribution in [1.29, 1.82) is 0 Å². The van der Waals surface area contributed by atoms with Crippen LogP contribution >= 0.6 is 0 Å². The van der Waals surface area contributed by atoms with Crippen LogP contribution in [0.15, 0.2) is 35.6 Å². The second-order valence-electron chi connectivity index (χ2n) is 8.17. The fraction of sp³-hybridized carbons (Fsp3) is 0.238. The van der Waals surface area contributed by atoms with Gasteiger partial charge in [-0.15, -0.1) is 0 Å². The van der Waals surface area contributed by atoms with Crippen molar-refractivity contribution in [2.45, 2.75) is 32.0 Å². The maximum Gasteiger partial charge on any atom is 0.333 e. The van der Waals surface area contributed by atoms with Gasteiger partial charge >= 0.3 is 6.55 Å². The molecule has 1 aliphatic carbocycles. The molecule has 1 aliphatic rings. The molecule has 0 bridgehead atoms. The number of aromatic nitrogens is 8. The lowest BCUT2D eigenvalue weighted by atomic mass is 10.2. The van der Waals surface area contributed by atoms with Crippen LogP contribution < -0.4 is 11.3 Å². The first kappa shape index (κ1) is 21.2. The largest absolute Gasteiger partial charge is 0.383 e. The number of alkyl halides is 2. The third-order valence-corrected chi connectivity index (χ3v) is 5.83. The summed E-state index contributed by atoms with van der Waals surface area (Å²) in [5, 5.41) is 8.26. The number of nitrogens with two attached hydrogens (primary N) is 1. The lowest BCUT2D eigenvalue weighted by molar-refractivity contribution is 0.0566. The molecule has 0 aliphatic heterocycles. The molecular weight excluding hydrogens is 470 g/mol. The summed E-state index contributed by atoms with van der Waals surface area (Å²) in [4.78, 5) is 25.7. The molecule has 0 radical (unpaired) electrons. The van der Waals surface area contributed by atoms with Crippen LogP contribution in [-0.4, -0.2) is 39.1 Å². The number of rotatable bonds is 5. The predicted molar refractivity (Wildman–Crippen MR) is 116 cm³/mol. The van der Waals surface area contributed by atoms with Gasteiger partial charge in [-0.2, -0.15) is 19.0 Å². The summed E-state index contributed by atoms with van der Waals surface area (Å²) in [6, 6.07) is 1.47. The molecule has 5 aromatic rings. The van der Waals surface area contributed by atoms with Crippen molar-refractivity contribution < 1.29 is 17.6 Å². The average Bonchev–Trinajstić information content (AvgIpc) is 3.38. The van der Waals surface area contributed by atoms with Crippen molar-refractivity contribution >= 4 is 27.8 Å². The van der Waals surface area contributed by atoms with Gasteiger partial charge in [-0.05, 0) is 18.9 Å². The highest BCUT2D eigenvalue weighted by atomic mass is 19.3. The van der Waals surface area contributed by atoms with E-state index >= 15 is 0 Å². The minimum Gasteiger partial charge on any atom is -0.383 e. The molecule has 6 rings (SSSR count). The first-order valence-corrected chi connectivity index (χ1v) is 10.5. The van der Waals surface area contributed by atoms with Crippen LogP contribution in [0.5, 0.6) is 0 Å². The minimum atomic E-state index is -2.85. The van der Waals surface area contributed by atoms with Crippen molar-refractivity contribution in [3.8, 4) is 11.3 Å². The van der Waals surface area contributed by atoms with Crippen LogP contribution in [-0.2, 0) is 6.54 Å². The topological polar surface area (TPSA) is 122 Å². The van der Waals surface area contributed by atoms with Gasteiger partial charge in [-0.25, -0.2) is 33.1 Å². The van der Waals surface area contributed by atoms with E-state index in [9.17, 15) is 22.4 Å². The number of benzene rings is 1. The Labute approximate surface area is 192 Å². The molecule has 0 saturated heterocycles. The third kappa shape index (κ3) is 3.40. The molecule has 1 aromatic carbocycles. The van der Waals surface area contributed by atoms with Crippen LogP contribution in [0.4, 0.5) is 23.4 Å². The van der Waals surface area contributed by atoms with Crippen LogP contribution in [0.1, 0.15) is 31.3 Å². The fourth-order valence-corrected chi connectivity index (χ4v) is 4.14. The van der Waals surface area contributed by atoms with E-state index < -0.39 is 23.7 Å². The summed E-state index contributed by atoms with van der Waals surface area (Å²) in [5.74, 6) is -1.58. The Hall–Kier alpha value is -4.36. The molecular formula is C21H15F4N9O. The lowest BCUT2D eigenvalue weighted by Gasteiger charge is -2.13. The van der Waals surface area contributed by atoms with Gasteiger partial charge in [0.25, 0.3) is 5.56 Å². The molecule has 0 spiro atoms. The molecule has 1 fully saturated rings. The maximum absolute atomic E-state index is 14.5. The van der Waals surface area contributed by atoms with Gasteiger partial charge in [0, 0.05) is 23.9 Å². The third-order valence-electron chi connectivity index (χ3n) is 5.83. The molecule has 0 amide bonds. The van der Waals surface area contributed by atoms with Crippen molar-refractivity contribution in [3.05, 3.63) is 58.7 Å². The highest BCUT2D eigenvalue weighted by Crippen LogP contribution is 2.36. The SMILES string of the molecule is Nc1ncnc2c1c(-c1cnn(C(F)F)c1)nn2Cc1nc2c(F)cc(F)cc2c(=O)n1C1CC1. The van der Waals surface area contributed by atoms with Gasteiger partial charge in [0.1, 0.15) is 41.5 Å². The number of halogens is 4.